The van der Waals surface area contributed by atoms with Gasteiger partial charge >= 0.3 is 0 Å². The summed E-state index contributed by atoms with van der Waals surface area (Å²) in [5, 5.41) is 2.78. The van der Waals surface area contributed by atoms with Gasteiger partial charge in [0.2, 0.25) is 5.91 Å². The van der Waals surface area contributed by atoms with Crippen molar-refractivity contribution in [1.82, 2.24) is 10.2 Å². The summed E-state index contributed by atoms with van der Waals surface area (Å²) in [6, 6.07) is 14.9. The molecule has 27 heavy (non-hydrogen) atoms. The van der Waals surface area contributed by atoms with E-state index < -0.39 is 6.04 Å². The fraction of sp³-hybridized carbons (Fsp3) is 0.364. The highest BCUT2D eigenvalue weighted by molar-refractivity contribution is 5.87. The van der Waals surface area contributed by atoms with E-state index in [0.29, 0.717) is 18.8 Å². The Morgan fingerprint density at radius 1 is 1.11 bits per heavy atom. The van der Waals surface area contributed by atoms with Crippen LogP contribution in [0.4, 0.5) is 0 Å². The van der Waals surface area contributed by atoms with Gasteiger partial charge in [-0.3, -0.25) is 9.59 Å². The van der Waals surface area contributed by atoms with Crippen molar-refractivity contribution in [3.63, 3.8) is 0 Å². The number of hydrogen-bond acceptors (Lipinski definition) is 3. The third-order valence-electron chi connectivity index (χ3n) is 4.40. The molecule has 0 saturated carbocycles. The maximum atomic E-state index is 12.9. The van der Waals surface area contributed by atoms with E-state index in [0.717, 1.165) is 16.7 Å². The summed E-state index contributed by atoms with van der Waals surface area (Å²) < 4.78 is 5.74. The minimum atomic E-state index is -0.583. The highest BCUT2D eigenvalue weighted by atomic mass is 16.5. The molecule has 0 fully saturated rings. The van der Waals surface area contributed by atoms with E-state index in [1.54, 1.807) is 11.8 Å². The van der Waals surface area contributed by atoms with Gasteiger partial charge in [0.05, 0.1) is 0 Å². The van der Waals surface area contributed by atoms with E-state index in [2.05, 4.69) is 5.32 Å². The highest BCUT2D eigenvalue weighted by Crippen LogP contribution is 2.19. The van der Waals surface area contributed by atoms with Crippen molar-refractivity contribution in [2.24, 2.45) is 0 Å². The van der Waals surface area contributed by atoms with Crippen LogP contribution in [0.15, 0.2) is 48.5 Å². The van der Waals surface area contributed by atoms with Crippen molar-refractivity contribution in [3.8, 4) is 5.75 Å². The van der Waals surface area contributed by atoms with Crippen LogP contribution in [-0.4, -0.2) is 35.9 Å². The first-order valence-corrected chi connectivity index (χ1v) is 9.23. The van der Waals surface area contributed by atoms with E-state index in [1.807, 2.05) is 69.3 Å². The van der Waals surface area contributed by atoms with Crippen molar-refractivity contribution in [2.45, 2.75) is 40.3 Å². The van der Waals surface area contributed by atoms with Crippen LogP contribution in [0.25, 0.3) is 0 Å². The van der Waals surface area contributed by atoms with E-state index in [4.69, 9.17) is 4.74 Å². The lowest BCUT2D eigenvalue weighted by atomic mass is 10.1. The number of aryl methyl sites for hydroxylation is 2. The first-order chi connectivity index (χ1) is 12.9. The number of carbonyl (C=O) groups is 2. The average molecular weight is 368 g/mol. The molecule has 2 amide bonds. The van der Waals surface area contributed by atoms with Crippen LogP contribution in [0.3, 0.4) is 0 Å². The first-order valence-electron chi connectivity index (χ1n) is 9.23. The van der Waals surface area contributed by atoms with Gasteiger partial charge in [-0.05, 0) is 44.9 Å². The Morgan fingerprint density at radius 2 is 1.81 bits per heavy atom. The van der Waals surface area contributed by atoms with Crippen molar-refractivity contribution in [1.29, 1.82) is 0 Å². The monoisotopic (exact) mass is 368 g/mol. The van der Waals surface area contributed by atoms with Gasteiger partial charge < -0.3 is 15.0 Å². The van der Waals surface area contributed by atoms with Crippen LogP contribution in [0, 0.1) is 13.8 Å². The second kappa shape index (κ2) is 9.76. The summed E-state index contributed by atoms with van der Waals surface area (Å²) >= 11 is 0. The topological polar surface area (TPSA) is 58.6 Å². The predicted octanol–water partition coefficient (Wildman–Crippen LogP) is 3.24. The van der Waals surface area contributed by atoms with Crippen LogP contribution in [0.2, 0.25) is 0 Å². The SMILES string of the molecule is CCNC(=O)[C@H](C)N(Cc1ccccc1)C(=O)COc1ccc(C)cc1C. The van der Waals surface area contributed by atoms with Gasteiger partial charge in [-0.1, -0.05) is 48.0 Å². The van der Waals surface area contributed by atoms with Gasteiger partial charge in [-0.25, -0.2) is 0 Å². The molecular formula is C22H28N2O3. The lowest BCUT2D eigenvalue weighted by molar-refractivity contribution is -0.142. The van der Waals surface area contributed by atoms with Gasteiger partial charge in [-0.15, -0.1) is 0 Å². The second-order valence-electron chi connectivity index (χ2n) is 6.64. The minimum absolute atomic E-state index is 0.111. The Balaban J connectivity index is 2.13. The van der Waals surface area contributed by atoms with E-state index in [-0.39, 0.29) is 18.4 Å². The standard InChI is InChI=1S/C22H28N2O3/c1-5-23-22(26)18(4)24(14-19-9-7-6-8-10-19)21(25)15-27-20-12-11-16(2)13-17(20)3/h6-13,18H,5,14-15H2,1-4H3,(H,23,26)/t18-/m0/s1. The largest absolute Gasteiger partial charge is 0.483 e. The summed E-state index contributed by atoms with van der Waals surface area (Å²) in [6.45, 7) is 8.33. The van der Waals surface area contributed by atoms with Gasteiger partial charge in [0.1, 0.15) is 11.8 Å². The highest BCUT2D eigenvalue weighted by Gasteiger charge is 2.26. The molecule has 0 unspecified atom stereocenters. The molecule has 0 bridgehead atoms. The Hall–Kier alpha value is -2.82. The van der Waals surface area contributed by atoms with Crippen LogP contribution >= 0.6 is 0 Å². The lowest BCUT2D eigenvalue weighted by Crippen LogP contribution is -2.49. The molecule has 1 atom stereocenters. The van der Waals surface area contributed by atoms with E-state index in [1.165, 1.54) is 0 Å². The molecule has 0 aliphatic rings. The molecular weight excluding hydrogens is 340 g/mol. The molecule has 1 N–H and O–H groups in total. The number of rotatable bonds is 8. The number of ether oxygens (including phenoxy) is 1. The smallest absolute Gasteiger partial charge is 0.261 e. The van der Waals surface area contributed by atoms with Crippen LogP contribution in [0.5, 0.6) is 5.75 Å². The van der Waals surface area contributed by atoms with Crippen molar-refractivity contribution < 1.29 is 14.3 Å². The zero-order valence-corrected chi connectivity index (χ0v) is 16.5. The fourth-order valence-corrected chi connectivity index (χ4v) is 2.87. The Morgan fingerprint density at radius 3 is 2.44 bits per heavy atom. The molecule has 2 aromatic rings. The van der Waals surface area contributed by atoms with Crippen molar-refractivity contribution >= 4 is 11.8 Å². The summed E-state index contributed by atoms with van der Waals surface area (Å²) in [6.07, 6.45) is 0. The number of nitrogens with zero attached hydrogens (tertiary/aromatic N) is 1. The maximum absolute atomic E-state index is 12.9. The molecule has 0 aromatic heterocycles. The van der Waals surface area contributed by atoms with Gasteiger partial charge in [0, 0.05) is 13.1 Å². The number of carbonyl (C=O) groups excluding carboxylic acids is 2. The molecule has 2 rings (SSSR count). The molecule has 0 aliphatic heterocycles. The summed E-state index contributed by atoms with van der Waals surface area (Å²) in [5.74, 6) is 0.283. The van der Waals surface area contributed by atoms with Gasteiger partial charge in [0.25, 0.3) is 5.91 Å². The quantitative estimate of drug-likeness (QED) is 0.778. The molecule has 144 valence electrons. The number of amides is 2. The summed E-state index contributed by atoms with van der Waals surface area (Å²) in [7, 11) is 0. The van der Waals surface area contributed by atoms with Gasteiger partial charge in [-0.2, -0.15) is 0 Å². The average Bonchev–Trinajstić information content (AvgIpc) is 2.65. The van der Waals surface area contributed by atoms with Crippen molar-refractivity contribution in [3.05, 3.63) is 65.2 Å². The van der Waals surface area contributed by atoms with Crippen LogP contribution in [0.1, 0.15) is 30.5 Å². The predicted molar refractivity (Wildman–Crippen MR) is 107 cm³/mol. The minimum Gasteiger partial charge on any atom is -0.483 e. The third-order valence-corrected chi connectivity index (χ3v) is 4.40. The number of nitrogens with one attached hydrogen (secondary N) is 1. The summed E-state index contributed by atoms with van der Waals surface area (Å²) in [4.78, 5) is 26.7. The Kier molecular flexibility index (Phi) is 7.41. The Labute approximate surface area is 161 Å². The molecule has 5 nitrogen and oxygen atoms in total. The molecule has 0 aliphatic carbocycles. The molecule has 2 aromatic carbocycles. The fourth-order valence-electron chi connectivity index (χ4n) is 2.87. The molecule has 0 heterocycles. The molecule has 0 spiro atoms. The number of hydrogen-bond donors (Lipinski definition) is 1. The second-order valence-corrected chi connectivity index (χ2v) is 6.64. The molecule has 0 radical (unpaired) electrons. The maximum Gasteiger partial charge on any atom is 0.261 e. The summed E-state index contributed by atoms with van der Waals surface area (Å²) in [5.41, 5.74) is 3.09. The van der Waals surface area contributed by atoms with Crippen LogP contribution in [-0.2, 0) is 16.1 Å². The zero-order valence-electron chi connectivity index (χ0n) is 16.5. The third kappa shape index (κ3) is 5.84. The van der Waals surface area contributed by atoms with E-state index in [9.17, 15) is 9.59 Å². The normalized spacial score (nSPS) is 11.6. The molecule has 5 heteroatoms. The van der Waals surface area contributed by atoms with Crippen molar-refractivity contribution in [2.75, 3.05) is 13.2 Å². The van der Waals surface area contributed by atoms with Crippen LogP contribution < -0.4 is 10.1 Å². The van der Waals surface area contributed by atoms with Gasteiger partial charge in [0.15, 0.2) is 6.61 Å². The zero-order chi connectivity index (χ0) is 19.8. The Bertz CT molecular complexity index is 774. The first kappa shape index (κ1) is 20.5. The lowest BCUT2D eigenvalue weighted by Gasteiger charge is -2.28. The number of likely N-dealkylation sites (N-methyl/N-ethyl adjacent to an activating group) is 1. The molecule has 0 saturated heterocycles. The number of benzene rings is 2. The van der Waals surface area contributed by atoms with E-state index >= 15 is 0 Å².